The van der Waals surface area contributed by atoms with Gasteiger partial charge in [0.25, 0.3) is 5.91 Å². The summed E-state index contributed by atoms with van der Waals surface area (Å²) in [5, 5.41) is 5.09. The van der Waals surface area contributed by atoms with Crippen molar-refractivity contribution in [3.05, 3.63) is 46.2 Å². The number of carbonyl (C=O) groups is 1. The standard InChI is InChI=1S/C15H18N4OS/c1-11(8-18-15(20)13-9-16-4-5-17-13)19-6-2-14-12(10-19)3-7-21-14/h3-5,7,9,11H,2,6,8,10H2,1H3,(H,18,20)/t11-/m0/s1. The lowest BCUT2D eigenvalue weighted by molar-refractivity contribution is 0.0927. The molecule has 1 aliphatic rings. The average Bonchev–Trinajstić information content (AvgIpc) is 3.00. The predicted molar refractivity (Wildman–Crippen MR) is 82.3 cm³/mol. The van der Waals surface area contributed by atoms with E-state index in [9.17, 15) is 4.79 Å². The number of nitrogens with one attached hydrogen (secondary N) is 1. The largest absolute Gasteiger partial charge is 0.349 e. The first-order valence-electron chi connectivity index (χ1n) is 7.07. The molecule has 0 radical (unpaired) electrons. The fourth-order valence-electron chi connectivity index (χ4n) is 2.52. The third-order valence-electron chi connectivity index (χ3n) is 3.81. The molecule has 0 aliphatic carbocycles. The van der Waals surface area contributed by atoms with Crippen LogP contribution in [0.4, 0.5) is 0 Å². The molecule has 6 heteroatoms. The Hall–Kier alpha value is -1.79. The first-order valence-corrected chi connectivity index (χ1v) is 7.95. The molecule has 0 unspecified atom stereocenters. The number of carbonyl (C=O) groups excluding carboxylic acids is 1. The van der Waals surface area contributed by atoms with Crippen LogP contribution >= 0.6 is 11.3 Å². The summed E-state index contributed by atoms with van der Waals surface area (Å²) in [6.07, 6.45) is 5.68. The van der Waals surface area contributed by atoms with Gasteiger partial charge in [-0.2, -0.15) is 0 Å². The first kappa shape index (κ1) is 14.2. The summed E-state index contributed by atoms with van der Waals surface area (Å²) in [7, 11) is 0. The Labute approximate surface area is 128 Å². The van der Waals surface area contributed by atoms with E-state index in [1.807, 2.05) is 11.3 Å². The lowest BCUT2D eigenvalue weighted by Crippen LogP contribution is -2.44. The molecule has 0 spiro atoms. The molecule has 110 valence electrons. The van der Waals surface area contributed by atoms with Crippen LogP contribution in [0.1, 0.15) is 27.9 Å². The lowest BCUT2D eigenvalue weighted by atomic mass is 10.1. The molecule has 1 N–H and O–H groups in total. The van der Waals surface area contributed by atoms with Gasteiger partial charge in [-0.1, -0.05) is 0 Å². The van der Waals surface area contributed by atoms with Gasteiger partial charge in [0.05, 0.1) is 6.20 Å². The second kappa shape index (κ2) is 6.32. The van der Waals surface area contributed by atoms with Crippen molar-refractivity contribution in [2.45, 2.75) is 25.9 Å². The van der Waals surface area contributed by atoms with Crippen molar-refractivity contribution in [3.63, 3.8) is 0 Å². The Morgan fingerprint density at radius 1 is 1.52 bits per heavy atom. The minimum absolute atomic E-state index is 0.164. The van der Waals surface area contributed by atoms with E-state index >= 15 is 0 Å². The minimum Gasteiger partial charge on any atom is -0.349 e. The highest BCUT2D eigenvalue weighted by atomic mass is 32.1. The number of hydrogen-bond acceptors (Lipinski definition) is 5. The SMILES string of the molecule is C[C@@H](CNC(=O)c1cnccn1)N1CCc2sccc2C1. The number of rotatable bonds is 4. The highest BCUT2D eigenvalue weighted by molar-refractivity contribution is 7.10. The average molecular weight is 302 g/mol. The Bertz CT molecular complexity index is 613. The molecule has 0 bridgehead atoms. The molecule has 1 atom stereocenters. The van der Waals surface area contributed by atoms with Crippen LogP contribution in [0.2, 0.25) is 0 Å². The van der Waals surface area contributed by atoms with Crippen molar-refractivity contribution in [3.8, 4) is 0 Å². The molecule has 2 aromatic heterocycles. The smallest absolute Gasteiger partial charge is 0.271 e. The maximum Gasteiger partial charge on any atom is 0.271 e. The maximum absolute atomic E-state index is 12.0. The van der Waals surface area contributed by atoms with Crippen LogP contribution in [-0.2, 0) is 13.0 Å². The molecule has 1 amide bonds. The molecule has 5 nitrogen and oxygen atoms in total. The Morgan fingerprint density at radius 3 is 3.24 bits per heavy atom. The Balaban J connectivity index is 1.53. The van der Waals surface area contributed by atoms with Crippen molar-refractivity contribution in [2.24, 2.45) is 0 Å². The summed E-state index contributed by atoms with van der Waals surface area (Å²) in [6, 6.07) is 2.51. The van der Waals surface area contributed by atoms with Gasteiger partial charge in [-0.3, -0.25) is 14.7 Å². The topological polar surface area (TPSA) is 58.1 Å². The number of fused-ring (bicyclic) bond motifs is 1. The summed E-state index contributed by atoms with van der Waals surface area (Å²) in [5.74, 6) is -0.164. The van der Waals surface area contributed by atoms with Gasteiger partial charge < -0.3 is 5.32 Å². The quantitative estimate of drug-likeness (QED) is 0.934. The normalized spacial score (nSPS) is 16.2. The molecule has 2 aromatic rings. The van der Waals surface area contributed by atoms with E-state index in [0.717, 1.165) is 19.5 Å². The van der Waals surface area contributed by atoms with Gasteiger partial charge in [0.1, 0.15) is 5.69 Å². The van der Waals surface area contributed by atoms with Crippen LogP contribution in [0.15, 0.2) is 30.0 Å². The first-order chi connectivity index (χ1) is 10.2. The van der Waals surface area contributed by atoms with Crippen molar-refractivity contribution >= 4 is 17.2 Å². The van der Waals surface area contributed by atoms with Crippen LogP contribution < -0.4 is 5.32 Å². The fourth-order valence-corrected chi connectivity index (χ4v) is 3.41. The van der Waals surface area contributed by atoms with E-state index < -0.39 is 0 Å². The van der Waals surface area contributed by atoms with Gasteiger partial charge in [-0.05, 0) is 30.4 Å². The van der Waals surface area contributed by atoms with Crippen molar-refractivity contribution < 1.29 is 4.79 Å². The number of hydrogen-bond donors (Lipinski definition) is 1. The zero-order valence-electron chi connectivity index (χ0n) is 12.0. The van der Waals surface area contributed by atoms with Crippen molar-refractivity contribution in [1.82, 2.24) is 20.2 Å². The molecule has 1 aliphatic heterocycles. The fraction of sp³-hybridized carbons (Fsp3) is 0.400. The highest BCUT2D eigenvalue weighted by Crippen LogP contribution is 2.24. The summed E-state index contributed by atoms with van der Waals surface area (Å²) < 4.78 is 0. The van der Waals surface area contributed by atoms with Gasteiger partial charge in [0, 0.05) is 42.9 Å². The van der Waals surface area contributed by atoms with E-state index in [-0.39, 0.29) is 5.91 Å². The van der Waals surface area contributed by atoms with Gasteiger partial charge in [0.2, 0.25) is 0 Å². The summed E-state index contributed by atoms with van der Waals surface area (Å²) >= 11 is 1.84. The van der Waals surface area contributed by atoms with E-state index in [2.05, 4.69) is 38.6 Å². The second-order valence-electron chi connectivity index (χ2n) is 5.24. The molecule has 21 heavy (non-hydrogen) atoms. The molecule has 0 fully saturated rings. The van der Waals surface area contributed by atoms with Crippen molar-refractivity contribution in [2.75, 3.05) is 13.1 Å². The van der Waals surface area contributed by atoms with E-state index in [4.69, 9.17) is 0 Å². The van der Waals surface area contributed by atoms with Gasteiger partial charge in [-0.15, -0.1) is 11.3 Å². The van der Waals surface area contributed by atoms with E-state index in [1.54, 1.807) is 6.20 Å². The summed E-state index contributed by atoms with van der Waals surface area (Å²) in [4.78, 5) is 23.8. The lowest BCUT2D eigenvalue weighted by Gasteiger charge is -2.32. The van der Waals surface area contributed by atoms with Crippen LogP contribution in [0, 0.1) is 0 Å². The molecular weight excluding hydrogens is 284 g/mol. The summed E-state index contributed by atoms with van der Waals surface area (Å²) in [5.41, 5.74) is 1.79. The summed E-state index contributed by atoms with van der Waals surface area (Å²) in [6.45, 7) is 4.79. The minimum atomic E-state index is -0.164. The molecular formula is C15H18N4OS. The van der Waals surface area contributed by atoms with Gasteiger partial charge in [-0.25, -0.2) is 4.98 Å². The molecule has 3 rings (SSSR count). The third kappa shape index (κ3) is 3.28. The zero-order valence-corrected chi connectivity index (χ0v) is 12.8. The van der Waals surface area contributed by atoms with Crippen LogP contribution in [0.3, 0.4) is 0 Å². The second-order valence-corrected chi connectivity index (χ2v) is 6.24. The highest BCUT2D eigenvalue weighted by Gasteiger charge is 2.21. The van der Waals surface area contributed by atoms with Crippen LogP contribution in [-0.4, -0.2) is 39.9 Å². The number of nitrogens with zero attached hydrogens (tertiary/aromatic N) is 3. The van der Waals surface area contributed by atoms with Crippen LogP contribution in [0.25, 0.3) is 0 Å². The Morgan fingerprint density at radius 2 is 2.43 bits per heavy atom. The number of amides is 1. The van der Waals surface area contributed by atoms with Gasteiger partial charge in [0.15, 0.2) is 0 Å². The number of thiophene rings is 1. The molecule has 0 saturated heterocycles. The van der Waals surface area contributed by atoms with Crippen LogP contribution in [0.5, 0.6) is 0 Å². The zero-order chi connectivity index (χ0) is 14.7. The van der Waals surface area contributed by atoms with Gasteiger partial charge >= 0.3 is 0 Å². The maximum atomic E-state index is 12.0. The predicted octanol–water partition coefficient (Wildman–Crippen LogP) is 1.71. The van der Waals surface area contributed by atoms with Crippen molar-refractivity contribution in [1.29, 1.82) is 0 Å². The molecule has 0 saturated carbocycles. The molecule has 3 heterocycles. The molecule has 0 aromatic carbocycles. The number of aromatic nitrogens is 2. The van der Waals surface area contributed by atoms with E-state index in [1.165, 1.54) is 22.8 Å². The Kier molecular flexibility index (Phi) is 4.26. The van der Waals surface area contributed by atoms with E-state index in [0.29, 0.717) is 18.3 Å². The monoisotopic (exact) mass is 302 g/mol. The third-order valence-corrected chi connectivity index (χ3v) is 4.84.